The van der Waals surface area contributed by atoms with Crippen LogP contribution in [0.4, 0.5) is 8.78 Å². The van der Waals surface area contributed by atoms with Gasteiger partial charge in [0.1, 0.15) is 11.6 Å². The van der Waals surface area contributed by atoms with Gasteiger partial charge in [-0.1, -0.05) is 6.07 Å². The molecule has 1 saturated heterocycles. The van der Waals surface area contributed by atoms with Crippen LogP contribution in [0.5, 0.6) is 0 Å². The van der Waals surface area contributed by atoms with E-state index in [0.29, 0.717) is 32.5 Å². The van der Waals surface area contributed by atoms with Crippen LogP contribution in [0.2, 0.25) is 0 Å². The van der Waals surface area contributed by atoms with Gasteiger partial charge in [-0.2, -0.15) is 0 Å². The molecule has 0 saturated carbocycles. The fourth-order valence-electron chi connectivity index (χ4n) is 2.49. The number of halogens is 2. The molecule has 0 radical (unpaired) electrons. The van der Waals surface area contributed by atoms with Crippen molar-refractivity contribution in [2.24, 2.45) is 5.92 Å². The lowest BCUT2D eigenvalue weighted by molar-refractivity contribution is -0.149. The lowest BCUT2D eigenvalue weighted by Gasteiger charge is -2.30. The lowest BCUT2D eigenvalue weighted by atomic mass is 9.96. The molecule has 1 fully saturated rings. The molecule has 0 bridgehead atoms. The number of likely N-dealkylation sites (tertiary alicyclic amines) is 1. The normalized spacial score (nSPS) is 17.1. The Hall–Kier alpha value is -1.49. The van der Waals surface area contributed by atoms with E-state index in [1.54, 1.807) is 6.92 Å². The summed E-state index contributed by atoms with van der Waals surface area (Å²) in [5, 5.41) is 0. The monoisotopic (exact) mass is 283 g/mol. The maximum absolute atomic E-state index is 13.6. The lowest BCUT2D eigenvalue weighted by Crippen LogP contribution is -2.36. The first-order valence-electron chi connectivity index (χ1n) is 6.93. The predicted octanol–water partition coefficient (Wildman–Crippen LogP) is 2.74. The van der Waals surface area contributed by atoms with E-state index in [9.17, 15) is 13.6 Å². The second-order valence-electron chi connectivity index (χ2n) is 5.00. The van der Waals surface area contributed by atoms with Crippen molar-refractivity contribution < 1.29 is 18.3 Å². The summed E-state index contributed by atoms with van der Waals surface area (Å²) in [4.78, 5) is 13.6. The third-order valence-electron chi connectivity index (χ3n) is 3.65. The van der Waals surface area contributed by atoms with E-state index in [-0.39, 0.29) is 24.0 Å². The molecule has 110 valence electrons. The van der Waals surface area contributed by atoms with Gasteiger partial charge in [-0.25, -0.2) is 8.78 Å². The van der Waals surface area contributed by atoms with Crippen molar-refractivity contribution in [2.45, 2.75) is 26.3 Å². The second kappa shape index (κ2) is 6.79. The molecule has 0 amide bonds. The van der Waals surface area contributed by atoms with E-state index < -0.39 is 11.6 Å². The van der Waals surface area contributed by atoms with Crippen molar-refractivity contribution in [3.63, 3.8) is 0 Å². The van der Waals surface area contributed by atoms with Crippen LogP contribution in [0, 0.1) is 17.6 Å². The number of ether oxygens (including phenoxy) is 1. The van der Waals surface area contributed by atoms with Gasteiger partial charge >= 0.3 is 5.97 Å². The maximum atomic E-state index is 13.6. The zero-order valence-electron chi connectivity index (χ0n) is 11.6. The first-order chi connectivity index (χ1) is 9.61. The molecule has 0 unspecified atom stereocenters. The van der Waals surface area contributed by atoms with Crippen LogP contribution >= 0.6 is 0 Å². The third kappa shape index (κ3) is 3.54. The number of rotatable bonds is 4. The SMILES string of the molecule is CCOC(=O)C1CCN(Cc2c(F)cccc2F)CC1. The van der Waals surface area contributed by atoms with Gasteiger partial charge in [-0.3, -0.25) is 9.69 Å². The molecule has 3 nitrogen and oxygen atoms in total. The van der Waals surface area contributed by atoms with Gasteiger partial charge in [0.25, 0.3) is 0 Å². The average molecular weight is 283 g/mol. The summed E-state index contributed by atoms with van der Waals surface area (Å²) in [7, 11) is 0. The van der Waals surface area contributed by atoms with Crippen LogP contribution in [0.15, 0.2) is 18.2 Å². The van der Waals surface area contributed by atoms with Crippen molar-refractivity contribution >= 4 is 5.97 Å². The molecule has 1 aromatic carbocycles. The minimum Gasteiger partial charge on any atom is -0.466 e. The Morgan fingerprint density at radius 2 is 1.90 bits per heavy atom. The van der Waals surface area contributed by atoms with Crippen LogP contribution in [-0.4, -0.2) is 30.6 Å². The Kier molecular flexibility index (Phi) is 5.06. The highest BCUT2D eigenvalue weighted by Gasteiger charge is 2.26. The number of esters is 1. The summed E-state index contributed by atoms with van der Waals surface area (Å²) >= 11 is 0. The fraction of sp³-hybridized carbons (Fsp3) is 0.533. The summed E-state index contributed by atoms with van der Waals surface area (Å²) in [6, 6.07) is 3.90. The first-order valence-corrected chi connectivity index (χ1v) is 6.93. The zero-order chi connectivity index (χ0) is 14.5. The van der Waals surface area contributed by atoms with Gasteiger partial charge in [0.2, 0.25) is 0 Å². The van der Waals surface area contributed by atoms with Crippen LogP contribution in [-0.2, 0) is 16.1 Å². The summed E-state index contributed by atoms with van der Waals surface area (Å²) in [5.41, 5.74) is 0.0992. The number of carbonyl (C=O) groups excluding carboxylic acids is 1. The Balaban J connectivity index is 1.90. The van der Waals surface area contributed by atoms with Gasteiger partial charge in [0.05, 0.1) is 12.5 Å². The Labute approximate surface area is 117 Å². The average Bonchev–Trinajstić information content (AvgIpc) is 2.44. The van der Waals surface area contributed by atoms with E-state index in [1.165, 1.54) is 18.2 Å². The van der Waals surface area contributed by atoms with Gasteiger partial charge in [-0.05, 0) is 45.0 Å². The van der Waals surface area contributed by atoms with Crippen molar-refractivity contribution in [3.05, 3.63) is 35.4 Å². The molecule has 2 rings (SSSR count). The number of hydrogen-bond acceptors (Lipinski definition) is 3. The van der Waals surface area contributed by atoms with Crippen molar-refractivity contribution in [3.8, 4) is 0 Å². The molecule has 0 spiro atoms. The molecule has 0 aromatic heterocycles. The molecule has 5 heteroatoms. The first kappa shape index (κ1) is 14.9. The number of benzene rings is 1. The number of nitrogens with zero attached hydrogens (tertiary/aromatic N) is 1. The van der Waals surface area contributed by atoms with E-state index >= 15 is 0 Å². The molecule has 20 heavy (non-hydrogen) atoms. The fourth-order valence-corrected chi connectivity index (χ4v) is 2.49. The van der Waals surface area contributed by atoms with Crippen molar-refractivity contribution in [2.75, 3.05) is 19.7 Å². The topological polar surface area (TPSA) is 29.5 Å². The summed E-state index contributed by atoms with van der Waals surface area (Å²) in [5.74, 6) is -1.28. The second-order valence-corrected chi connectivity index (χ2v) is 5.00. The highest BCUT2D eigenvalue weighted by molar-refractivity contribution is 5.72. The quantitative estimate of drug-likeness (QED) is 0.796. The molecule has 0 aliphatic carbocycles. The molecule has 1 heterocycles. The number of piperidine rings is 1. The number of hydrogen-bond donors (Lipinski definition) is 0. The van der Waals surface area contributed by atoms with E-state index in [1.807, 2.05) is 4.90 Å². The van der Waals surface area contributed by atoms with Crippen LogP contribution in [0.3, 0.4) is 0 Å². The molecule has 1 aliphatic heterocycles. The Morgan fingerprint density at radius 1 is 1.30 bits per heavy atom. The predicted molar refractivity (Wildman–Crippen MR) is 71.0 cm³/mol. The van der Waals surface area contributed by atoms with E-state index in [4.69, 9.17) is 4.74 Å². The highest BCUT2D eigenvalue weighted by atomic mass is 19.1. The molecular formula is C15H19F2NO2. The summed E-state index contributed by atoms with van der Waals surface area (Å²) in [6.45, 7) is 3.72. The minimum atomic E-state index is -0.516. The van der Waals surface area contributed by atoms with E-state index in [0.717, 1.165) is 0 Å². The maximum Gasteiger partial charge on any atom is 0.309 e. The standard InChI is InChI=1S/C15H19F2NO2/c1-2-20-15(19)11-6-8-18(9-7-11)10-12-13(16)4-3-5-14(12)17/h3-5,11H,2,6-10H2,1H3. The Morgan fingerprint density at radius 3 is 2.45 bits per heavy atom. The molecule has 0 atom stereocenters. The molecule has 0 N–H and O–H groups in total. The third-order valence-corrected chi connectivity index (χ3v) is 3.65. The smallest absolute Gasteiger partial charge is 0.309 e. The van der Waals surface area contributed by atoms with Crippen LogP contribution < -0.4 is 0 Å². The summed E-state index contributed by atoms with van der Waals surface area (Å²) in [6.07, 6.45) is 1.35. The van der Waals surface area contributed by atoms with E-state index in [2.05, 4.69) is 0 Å². The van der Waals surface area contributed by atoms with Crippen LogP contribution in [0.25, 0.3) is 0 Å². The minimum absolute atomic E-state index is 0.0864. The zero-order valence-corrected chi connectivity index (χ0v) is 11.6. The van der Waals surface area contributed by atoms with Gasteiger partial charge in [-0.15, -0.1) is 0 Å². The molecule has 1 aliphatic rings. The summed E-state index contributed by atoms with van der Waals surface area (Å²) < 4.78 is 32.1. The largest absolute Gasteiger partial charge is 0.466 e. The van der Waals surface area contributed by atoms with Gasteiger partial charge < -0.3 is 4.74 Å². The molecular weight excluding hydrogens is 264 g/mol. The highest BCUT2D eigenvalue weighted by Crippen LogP contribution is 2.22. The van der Waals surface area contributed by atoms with Crippen LogP contribution in [0.1, 0.15) is 25.3 Å². The number of carbonyl (C=O) groups is 1. The van der Waals surface area contributed by atoms with Gasteiger partial charge in [0.15, 0.2) is 0 Å². The van der Waals surface area contributed by atoms with Crippen molar-refractivity contribution in [1.82, 2.24) is 4.90 Å². The Bertz CT molecular complexity index is 451. The molecule has 1 aromatic rings. The van der Waals surface area contributed by atoms with Gasteiger partial charge in [0, 0.05) is 12.1 Å². The van der Waals surface area contributed by atoms with Crippen molar-refractivity contribution in [1.29, 1.82) is 0 Å².